The molecule has 0 radical (unpaired) electrons. The molecular weight excluding hydrogens is 198 g/mol. The second-order valence-electron chi connectivity index (χ2n) is 4.84. The van der Waals surface area contributed by atoms with Crippen LogP contribution in [0.2, 0.25) is 0 Å². The Labute approximate surface area is 96.5 Å². The first-order chi connectivity index (χ1) is 7.62. The molecule has 0 aliphatic heterocycles. The Morgan fingerprint density at radius 2 is 1.81 bits per heavy atom. The van der Waals surface area contributed by atoms with E-state index in [1.165, 1.54) is 0 Å². The summed E-state index contributed by atoms with van der Waals surface area (Å²) in [6, 6.07) is 11.9. The first-order valence-corrected chi connectivity index (χ1v) is 5.82. The third kappa shape index (κ3) is 1.52. The van der Waals surface area contributed by atoms with Crippen LogP contribution in [0, 0.1) is 16.7 Å². The summed E-state index contributed by atoms with van der Waals surface area (Å²) in [7, 11) is 0. The molecule has 1 aliphatic carbocycles. The topological polar surface area (TPSA) is 44.0 Å². The summed E-state index contributed by atoms with van der Waals surface area (Å²) in [5, 5.41) is 20.1. The predicted molar refractivity (Wildman–Crippen MR) is 62.5 cm³/mol. The Hall–Kier alpha value is -1.33. The summed E-state index contributed by atoms with van der Waals surface area (Å²) >= 11 is 0. The van der Waals surface area contributed by atoms with Crippen LogP contribution < -0.4 is 0 Å². The zero-order valence-corrected chi connectivity index (χ0v) is 9.61. The highest BCUT2D eigenvalue weighted by Crippen LogP contribution is 2.50. The van der Waals surface area contributed by atoms with Crippen LogP contribution in [0.1, 0.15) is 38.2 Å². The molecule has 0 heterocycles. The van der Waals surface area contributed by atoms with Crippen LogP contribution in [0.15, 0.2) is 30.3 Å². The van der Waals surface area contributed by atoms with Crippen molar-refractivity contribution in [2.75, 3.05) is 0 Å². The molecule has 84 valence electrons. The number of nitriles is 1. The molecule has 1 fully saturated rings. The largest absolute Gasteiger partial charge is 0.384 e. The predicted octanol–water partition coefficient (Wildman–Crippen LogP) is 2.98. The lowest BCUT2D eigenvalue weighted by molar-refractivity contribution is -0.0422. The van der Waals surface area contributed by atoms with E-state index < -0.39 is 11.0 Å². The summed E-state index contributed by atoms with van der Waals surface area (Å²) in [4.78, 5) is 0. The van der Waals surface area contributed by atoms with Gasteiger partial charge in [0.2, 0.25) is 0 Å². The normalized spacial score (nSPS) is 22.3. The molecule has 16 heavy (non-hydrogen) atoms. The maximum Gasteiger partial charge on any atom is 0.105 e. The second kappa shape index (κ2) is 3.92. The van der Waals surface area contributed by atoms with Crippen molar-refractivity contribution in [1.29, 1.82) is 5.26 Å². The molecular formula is C14H17NO. The molecule has 0 bridgehead atoms. The fourth-order valence-corrected chi connectivity index (χ4v) is 2.72. The van der Waals surface area contributed by atoms with Crippen LogP contribution in [0.5, 0.6) is 0 Å². The van der Waals surface area contributed by atoms with Crippen LogP contribution >= 0.6 is 0 Å². The van der Waals surface area contributed by atoms with Gasteiger partial charge in [0.1, 0.15) is 5.60 Å². The third-order valence-electron chi connectivity index (χ3n) is 3.94. The number of aliphatic hydroxyl groups is 1. The Morgan fingerprint density at radius 3 is 2.31 bits per heavy atom. The average molecular weight is 215 g/mol. The van der Waals surface area contributed by atoms with Crippen molar-refractivity contribution in [2.45, 2.75) is 38.2 Å². The third-order valence-corrected chi connectivity index (χ3v) is 3.94. The maximum absolute atomic E-state index is 10.7. The second-order valence-corrected chi connectivity index (χ2v) is 4.84. The molecule has 0 aromatic heterocycles. The van der Waals surface area contributed by atoms with Crippen molar-refractivity contribution < 1.29 is 5.11 Å². The highest BCUT2D eigenvalue weighted by Gasteiger charge is 2.50. The SMILES string of the molecule is CC(O)(c1ccccc1)C1(C#N)CCCC1. The van der Waals surface area contributed by atoms with Gasteiger partial charge in [-0.25, -0.2) is 0 Å². The van der Waals surface area contributed by atoms with Gasteiger partial charge in [0, 0.05) is 0 Å². The van der Waals surface area contributed by atoms with E-state index in [4.69, 9.17) is 0 Å². The molecule has 1 atom stereocenters. The van der Waals surface area contributed by atoms with E-state index in [0.717, 1.165) is 31.2 Å². The number of benzene rings is 1. The molecule has 2 nitrogen and oxygen atoms in total. The molecule has 1 unspecified atom stereocenters. The number of rotatable bonds is 2. The highest BCUT2D eigenvalue weighted by atomic mass is 16.3. The molecule has 2 heteroatoms. The van der Waals surface area contributed by atoms with Gasteiger partial charge in [0.25, 0.3) is 0 Å². The van der Waals surface area contributed by atoms with E-state index in [9.17, 15) is 10.4 Å². The van der Waals surface area contributed by atoms with Gasteiger partial charge in [0.15, 0.2) is 0 Å². The zero-order valence-electron chi connectivity index (χ0n) is 9.61. The van der Waals surface area contributed by atoms with Crippen molar-refractivity contribution in [2.24, 2.45) is 5.41 Å². The lowest BCUT2D eigenvalue weighted by Crippen LogP contribution is -2.40. The van der Waals surface area contributed by atoms with Crippen molar-refractivity contribution in [1.82, 2.24) is 0 Å². The molecule has 1 aliphatic rings. The Kier molecular flexibility index (Phi) is 2.73. The van der Waals surface area contributed by atoms with Gasteiger partial charge in [-0.2, -0.15) is 5.26 Å². The average Bonchev–Trinajstić information content (AvgIpc) is 2.80. The minimum atomic E-state index is -1.04. The van der Waals surface area contributed by atoms with E-state index in [1.54, 1.807) is 6.92 Å². The molecule has 2 rings (SSSR count). The van der Waals surface area contributed by atoms with Gasteiger partial charge in [-0.3, -0.25) is 0 Å². The highest BCUT2D eigenvalue weighted by molar-refractivity contribution is 5.28. The molecule has 0 saturated heterocycles. The van der Waals surface area contributed by atoms with Gasteiger partial charge in [-0.1, -0.05) is 43.2 Å². The fraction of sp³-hybridized carbons (Fsp3) is 0.500. The van der Waals surface area contributed by atoms with E-state index in [2.05, 4.69) is 6.07 Å². The lowest BCUT2D eigenvalue weighted by atomic mass is 9.69. The van der Waals surface area contributed by atoms with Gasteiger partial charge >= 0.3 is 0 Å². The standard InChI is InChI=1S/C14H17NO/c1-13(16,12-7-3-2-4-8-12)14(11-15)9-5-6-10-14/h2-4,7-8,16H,5-6,9-10H2,1H3. The molecule has 1 aromatic carbocycles. The van der Waals surface area contributed by atoms with Gasteiger partial charge in [-0.15, -0.1) is 0 Å². The quantitative estimate of drug-likeness (QED) is 0.824. The summed E-state index contributed by atoms with van der Waals surface area (Å²) in [5.74, 6) is 0. The monoisotopic (exact) mass is 215 g/mol. The summed E-state index contributed by atoms with van der Waals surface area (Å²) in [5.41, 5.74) is -0.799. The van der Waals surface area contributed by atoms with Crippen LogP contribution in [0.25, 0.3) is 0 Å². The smallest absolute Gasteiger partial charge is 0.105 e. The fourth-order valence-electron chi connectivity index (χ4n) is 2.72. The minimum Gasteiger partial charge on any atom is -0.384 e. The van der Waals surface area contributed by atoms with Crippen molar-refractivity contribution in [3.8, 4) is 6.07 Å². The minimum absolute atomic E-state index is 0.603. The van der Waals surface area contributed by atoms with Gasteiger partial charge < -0.3 is 5.11 Å². The van der Waals surface area contributed by atoms with Crippen LogP contribution in [0.4, 0.5) is 0 Å². The maximum atomic E-state index is 10.7. The number of hydrogen-bond acceptors (Lipinski definition) is 2. The van der Waals surface area contributed by atoms with Crippen LogP contribution in [0.3, 0.4) is 0 Å². The molecule has 1 saturated carbocycles. The first kappa shape index (κ1) is 11.2. The molecule has 1 aromatic rings. The molecule has 1 N–H and O–H groups in total. The van der Waals surface area contributed by atoms with Crippen molar-refractivity contribution >= 4 is 0 Å². The van der Waals surface area contributed by atoms with Crippen molar-refractivity contribution in [3.63, 3.8) is 0 Å². The van der Waals surface area contributed by atoms with E-state index in [0.29, 0.717) is 0 Å². The molecule has 0 amide bonds. The van der Waals surface area contributed by atoms with Crippen molar-refractivity contribution in [3.05, 3.63) is 35.9 Å². The number of hydrogen-bond donors (Lipinski definition) is 1. The van der Waals surface area contributed by atoms with E-state index in [-0.39, 0.29) is 0 Å². The lowest BCUT2D eigenvalue weighted by Gasteiger charge is -2.37. The van der Waals surface area contributed by atoms with E-state index in [1.807, 2.05) is 30.3 Å². The Bertz CT molecular complexity index is 396. The van der Waals surface area contributed by atoms with Gasteiger partial charge in [-0.05, 0) is 25.3 Å². The molecule has 0 spiro atoms. The summed E-state index contributed by atoms with van der Waals surface area (Å²) < 4.78 is 0. The summed E-state index contributed by atoms with van der Waals surface area (Å²) in [6.45, 7) is 1.77. The Balaban J connectivity index is 2.42. The van der Waals surface area contributed by atoms with Crippen LogP contribution in [-0.2, 0) is 5.60 Å². The van der Waals surface area contributed by atoms with E-state index >= 15 is 0 Å². The summed E-state index contributed by atoms with van der Waals surface area (Å²) in [6.07, 6.45) is 3.67. The first-order valence-electron chi connectivity index (χ1n) is 5.82. The van der Waals surface area contributed by atoms with Gasteiger partial charge in [0.05, 0.1) is 11.5 Å². The Morgan fingerprint density at radius 1 is 1.25 bits per heavy atom. The van der Waals surface area contributed by atoms with Crippen LogP contribution in [-0.4, -0.2) is 5.11 Å². The zero-order chi connectivity index (χ0) is 11.6. The number of nitrogens with zero attached hydrogens (tertiary/aromatic N) is 1.